The second-order valence-electron chi connectivity index (χ2n) is 4.99. The topological polar surface area (TPSA) is 39.7 Å². The number of hydrogen-bond acceptors (Lipinski definition) is 5. The van der Waals surface area contributed by atoms with Crippen LogP contribution in [-0.2, 0) is 16.5 Å². The van der Waals surface area contributed by atoms with Crippen LogP contribution < -0.4 is 19.9 Å². The first-order chi connectivity index (χ1) is 11.6. The van der Waals surface area contributed by atoms with E-state index in [-0.39, 0.29) is 0 Å². The third-order valence-electron chi connectivity index (χ3n) is 3.22. The van der Waals surface area contributed by atoms with Gasteiger partial charge in [0.25, 0.3) is 0 Å². The summed E-state index contributed by atoms with van der Waals surface area (Å²) in [5.41, 5.74) is -2.32. The van der Waals surface area contributed by atoms with Gasteiger partial charge < -0.3 is 19.3 Å². The van der Waals surface area contributed by atoms with E-state index in [0.717, 1.165) is 43.1 Å². The average Bonchev–Trinajstić information content (AvgIpc) is 2.64. The van der Waals surface area contributed by atoms with Crippen LogP contribution >= 0.6 is 17.7 Å². The highest BCUT2D eigenvalue weighted by atomic mass is 32.9. The summed E-state index contributed by atoms with van der Waals surface area (Å²) in [7, 11) is 1.63. The molecular formula is C17H22NO3PS2. The molecule has 0 spiro atoms. The molecule has 0 saturated carbocycles. The smallest absolute Gasteiger partial charge is 0.193 e. The zero-order valence-corrected chi connectivity index (χ0v) is 16.2. The van der Waals surface area contributed by atoms with Crippen molar-refractivity contribution in [2.24, 2.45) is 0 Å². The number of hydrogen-bond donors (Lipinski definition) is 2. The number of methoxy groups -OCH3 is 1. The van der Waals surface area contributed by atoms with E-state index < -0.39 is 5.47 Å². The molecule has 2 aromatic rings. The van der Waals surface area contributed by atoms with Gasteiger partial charge in [-0.15, -0.1) is 0 Å². The normalized spacial score (nSPS) is 16.2. The molecule has 0 bridgehead atoms. The van der Waals surface area contributed by atoms with E-state index in [9.17, 15) is 0 Å². The summed E-state index contributed by atoms with van der Waals surface area (Å²) >= 11 is 10.00. The van der Waals surface area contributed by atoms with Crippen molar-refractivity contribution in [3.05, 3.63) is 54.6 Å². The Morgan fingerprint density at radius 1 is 1.00 bits per heavy atom. The Hall–Kier alpha value is -1.04. The van der Waals surface area contributed by atoms with Crippen molar-refractivity contribution in [3.63, 3.8) is 0 Å². The lowest BCUT2D eigenvalue weighted by atomic mass is 10.3. The fraction of sp³-hybridized carbons (Fsp3) is 0.294. The van der Waals surface area contributed by atoms with E-state index in [1.807, 2.05) is 54.6 Å². The summed E-state index contributed by atoms with van der Waals surface area (Å²) in [4.78, 5) is 0. The predicted octanol–water partition coefficient (Wildman–Crippen LogP) is 3.25. The Morgan fingerprint density at radius 3 is 2.08 bits per heavy atom. The quantitative estimate of drug-likeness (QED) is 0.627. The third-order valence-corrected chi connectivity index (χ3v) is 6.42. The maximum atomic E-state index is 5.81. The molecule has 130 valence electrons. The molecule has 0 radical (unpaired) electrons. The zero-order chi connectivity index (χ0) is 17.3. The Labute approximate surface area is 153 Å². The van der Waals surface area contributed by atoms with Crippen LogP contribution in [0.25, 0.3) is 0 Å². The summed E-state index contributed by atoms with van der Waals surface area (Å²) < 4.78 is 15.9. The molecule has 1 aliphatic heterocycles. The average molecular weight is 383 g/mol. The highest BCUT2D eigenvalue weighted by molar-refractivity contribution is 8.64. The summed E-state index contributed by atoms with van der Waals surface area (Å²) in [5, 5.41) is 4.07. The molecule has 24 heavy (non-hydrogen) atoms. The molecule has 1 fully saturated rings. The van der Waals surface area contributed by atoms with Crippen molar-refractivity contribution in [2.45, 2.75) is 0 Å². The van der Waals surface area contributed by atoms with Gasteiger partial charge in [-0.2, -0.15) is 0 Å². The fourth-order valence-electron chi connectivity index (χ4n) is 1.96. The van der Waals surface area contributed by atoms with Gasteiger partial charge in [-0.25, -0.2) is 0 Å². The second-order valence-corrected chi connectivity index (χ2v) is 10.8. The lowest BCUT2D eigenvalue weighted by molar-refractivity contribution is 0.109. The van der Waals surface area contributed by atoms with Crippen molar-refractivity contribution in [3.8, 4) is 11.5 Å². The molecule has 0 aliphatic carbocycles. The lowest BCUT2D eigenvalue weighted by Crippen LogP contribution is -2.30. The van der Waals surface area contributed by atoms with Gasteiger partial charge in [-0.05, 0) is 48.2 Å². The first-order valence-electron chi connectivity index (χ1n) is 7.62. The van der Waals surface area contributed by atoms with Crippen molar-refractivity contribution in [2.75, 3.05) is 33.4 Å². The van der Waals surface area contributed by atoms with Crippen LogP contribution in [0.3, 0.4) is 0 Å². The highest BCUT2D eigenvalue weighted by Gasteiger charge is 2.17. The van der Waals surface area contributed by atoms with Gasteiger partial charge in [0.2, 0.25) is 0 Å². The van der Waals surface area contributed by atoms with Gasteiger partial charge in [0.05, 0.1) is 20.3 Å². The standard InChI is InChI=1S/C13H13O2PS2.C4H9NO/c1-14-11-7-9-13(10-8-11)16(17,18)15-12-5-3-2-4-6-12;1-3-6-4-2-5-1/h2-10H,1H3,(H,17,18);5H,1-4H2. The molecule has 1 unspecified atom stereocenters. The lowest BCUT2D eigenvalue weighted by Gasteiger charge is -2.18. The van der Waals surface area contributed by atoms with E-state index in [4.69, 9.17) is 25.8 Å². The number of ether oxygens (including phenoxy) is 2. The number of para-hydroxylation sites is 1. The Balaban J connectivity index is 0.000000292. The largest absolute Gasteiger partial charge is 0.497 e. The molecule has 3 rings (SSSR count). The van der Waals surface area contributed by atoms with E-state index in [1.54, 1.807) is 7.11 Å². The van der Waals surface area contributed by atoms with Gasteiger partial charge in [0.1, 0.15) is 11.5 Å². The Bertz CT molecular complexity index is 637. The maximum Gasteiger partial charge on any atom is 0.193 e. The fourth-order valence-corrected chi connectivity index (χ4v) is 4.31. The molecule has 2 aromatic carbocycles. The number of benzene rings is 2. The highest BCUT2D eigenvalue weighted by Crippen LogP contribution is 2.50. The van der Waals surface area contributed by atoms with E-state index in [2.05, 4.69) is 17.6 Å². The molecule has 1 heterocycles. The van der Waals surface area contributed by atoms with E-state index >= 15 is 0 Å². The summed E-state index contributed by atoms with van der Waals surface area (Å²) in [6, 6.07) is 17.0. The SMILES string of the molecule is C1COCCN1.COc1ccc(P(=S)(S)Oc2ccccc2)cc1. The summed E-state index contributed by atoms with van der Waals surface area (Å²) in [5.74, 6) is 1.54. The minimum absolute atomic E-state index is 0.742. The number of thiol groups is 1. The molecule has 1 aliphatic rings. The van der Waals surface area contributed by atoms with Gasteiger partial charge in [-0.3, -0.25) is 0 Å². The molecule has 1 saturated heterocycles. The molecule has 0 amide bonds. The van der Waals surface area contributed by atoms with Crippen LogP contribution in [0.4, 0.5) is 0 Å². The maximum absolute atomic E-state index is 5.81. The van der Waals surface area contributed by atoms with Crippen LogP contribution in [-0.4, -0.2) is 33.4 Å². The van der Waals surface area contributed by atoms with Crippen molar-refractivity contribution >= 4 is 34.8 Å². The van der Waals surface area contributed by atoms with Crippen LogP contribution in [0.2, 0.25) is 0 Å². The van der Waals surface area contributed by atoms with Gasteiger partial charge in [0.15, 0.2) is 5.47 Å². The van der Waals surface area contributed by atoms with Crippen molar-refractivity contribution in [1.29, 1.82) is 0 Å². The van der Waals surface area contributed by atoms with Crippen molar-refractivity contribution < 1.29 is 14.0 Å². The Kier molecular flexibility index (Phi) is 8.09. The van der Waals surface area contributed by atoms with Gasteiger partial charge >= 0.3 is 0 Å². The summed E-state index contributed by atoms with van der Waals surface area (Å²) in [6.07, 6.45) is 0. The van der Waals surface area contributed by atoms with Crippen LogP contribution in [0, 0.1) is 0 Å². The minimum atomic E-state index is -2.32. The number of rotatable bonds is 4. The van der Waals surface area contributed by atoms with Crippen LogP contribution in [0.1, 0.15) is 0 Å². The molecule has 7 heteroatoms. The molecule has 1 atom stereocenters. The number of nitrogens with one attached hydrogen (secondary N) is 1. The number of morpholine rings is 1. The summed E-state index contributed by atoms with van der Waals surface area (Å²) in [6.45, 7) is 3.83. The molecule has 1 N–H and O–H groups in total. The molecular weight excluding hydrogens is 361 g/mol. The van der Waals surface area contributed by atoms with E-state index in [0.29, 0.717) is 0 Å². The third kappa shape index (κ3) is 6.46. The zero-order valence-electron chi connectivity index (χ0n) is 13.6. The predicted molar refractivity (Wildman–Crippen MR) is 107 cm³/mol. The van der Waals surface area contributed by atoms with Crippen LogP contribution in [0.15, 0.2) is 54.6 Å². The monoisotopic (exact) mass is 383 g/mol. The Morgan fingerprint density at radius 2 is 1.62 bits per heavy atom. The van der Waals surface area contributed by atoms with E-state index in [1.165, 1.54) is 0 Å². The first-order valence-corrected chi connectivity index (χ1v) is 11.5. The van der Waals surface area contributed by atoms with Crippen molar-refractivity contribution in [1.82, 2.24) is 5.32 Å². The molecule has 4 nitrogen and oxygen atoms in total. The minimum Gasteiger partial charge on any atom is -0.497 e. The van der Waals surface area contributed by atoms with Gasteiger partial charge in [0, 0.05) is 18.4 Å². The second kappa shape index (κ2) is 10.1. The van der Waals surface area contributed by atoms with Crippen LogP contribution in [0.5, 0.6) is 11.5 Å². The molecule has 0 aromatic heterocycles. The first kappa shape index (κ1) is 19.3. The van der Waals surface area contributed by atoms with Gasteiger partial charge in [-0.1, -0.05) is 30.4 Å².